The minimum absolute atomic E-state index is 0.226. The molecule has 0 saturated heterocycles. The Morgan fingerprint density at radius 1 is 1.05 bits per heavy atom. The van der Waals surface area contributed by atoms with Crippen molar-refractivity contribution >= 4 is 5.69 Å². The zero-order chi connectivity index (χ0) is 14.5. The van der Waals surface area contributed by atoms with E-state index in [0.717, 1.165) is 5.69 Å². The van der Waals surface area contributed by atoms with Gasteiger partial charge in [0.2, 0.25) is 0 Å². The Morgan fingerprint density at radius 3 is 2.57 bits per heavy atom. The van der Waals surface area contributed by atoms with Crippen LogP contribution in [0.15, 0.2) is 42.6 Å². The number of nitrogens with zero attached hydrogens (tertiary/aromatic N) is 1. The molecule has 2 nitrogen and oxygen atoms in total. The third-order valence-corrected chi connectivity index (χ3v) is 4.26. The Morgan fingerprint density at radius 2 is 1.86 bits per heavy atom. The van der Waals surface area contributed by atoms with Crippen molar-refractivity contribution in [2.24, 2.45) is 0 Å². The highest BCUT2D eigenvalue weighted by molar-refractivity contribution is 5.44. The lowest BCUT2D eigenvalue weighted by atomic mass is 9.85. The van der Waals surface area contributed by atoms with E-state index in [-0.39, 0.29) is 5.82 Å². The van der Waals surface area contributed by atoms with Gasteiger partial charge in [0.05, 0.1) is 17.9 Å². The predicted octanol–water partition coefficient (Wildman–Crippen LogP) is 4.88. The van der Waals surface area contributed by atoms with E-state index >= 15 is 0 Å². The number of halogens is 1. The van der Waals surface area contributed by atoms with Crippen molar-refractivity contribution in [1.29, 1.82) is 0 Å². The van der Waals surface area contributed by atoms with E-state index in [4.69, 9.17) is 0 Å². The van der Waals surface area contributed by atoms with Gasteiger partial charge in [-0.05, 0) is 42.5 Å². The van der Waals surface area contributed by atoms with Crippen molar-refractivity contribution in [3.05, 3.63) is 59.7 Å². The summed E-state index contributed by atoms with van der Waals surface area (Å²) in [7, 11) is 0. The molecule has 3 heteroatoms. The average molecular weight is 284 g/mol. The fourth-order valence-corrected chi connectivity index (χ4v) is 3.01. The number of rotatable bonds is 4. The molecular formula is C18H21FN2. The highest BCUT2D eigenvalue weighted by Gasteiger charge is 2.15. The molecular weight excluding hydrogens is 263 g/mol. The van der Waals surface area contributed by atoms with Crippen molar-refractivity contribution in [2.75, 3.05) is 5.32 Å². The topological polar surface area (TPSA) is 24.9 Å². The van der Waals surface area contributed by atoms with Crippen LogP contribution in [0.1, 0.15) is 49.3 Å². The lowest BCUT2D eigenvalue weighted by molar-refractivity contribution is 0.443. The van der Waals surface area contributed by atoms with Crippen LogP contribution in [0.25, 0.3) is 0 Å². The molecule has 110 valence electrons. The maximum atomic E-state index is 13.5. The highest BCUT2D eigenvalue weighted by Crippen LogP contribution is 2.32. The van der Waals surface area contributed by atoms with Crippen LogP contribution in [-0.2, 0) is 6.54 Å². The molecule has 0 unspecified atom stereocenters. The SMILES string of the molecule is Fc1ccccc1NCc1ccc(C2CCCCC2)cn1. The van der Waals surface area contributed by atoms with Gasteiger partial charge in [-0.1, -0.05) is 37.5 Å². The minimum Gasteiger partial charge on any atom is -0.377 e. The lowest BCUT2D eigenvalue weighted by Crippen LogP contribution is -2.07. The molecule has 0 bridgehead atoms. The molecule has 1 aromatic carbocycles. The number of nitrogens with one attached hydrogen (secondary N) is 1. The van der Waals surface area contributed by atoms with E-state index < -0.39 is 0 Å². The largest absolute Gasteiger partial charge is 0.377 e. The predicted molar refractivity (Wildman–Crippen MR) is 83.8 cm³/mol. The number of hydrogen-bond acceptors (Lipinski definition) is 2. The van der Waals surface area contributed by atoms with Gasteiger partial charge in [0.15, 0.2) is 0 Å². The molecule has 1 heterocycles. The van der Waals surface area contributed by atoms with Gasteiger partial charge in [-0.2, -0.15) is 0 Å². The first-order valence-electron chi connectivity index (χ1n) is 7.76. The van der Waals surface area contributed by atoms with E-state index in [9.17, 15) is 4.39 Å². The van der Waals surface area contributed by atoms with Crippen LogP contribution >= 0.6 is 0 Å². The van der Waals surface area contributed by atoms with Crippen LogP contribution in [0.5, 0.6) is 0 Å². The summed E-state index contributed by atoms with van der Waals surface area (Å²) in [5, 5.41) is 3.09. The summed E-state index contributed by atoms with van der Waals surface area (Å²) in [6.45, 7) is 0.547. The molecule has 3 rings (SSSR count). The third kappa shape index (κ3) is 3.60. The number of hydrogen-bond donors (Lipinski definition) is 1. The molecule has 1 aliphatic rings. The Balaban J connectivity index is 1.60. The first-order valence-corrected chi connectivity index (χ1v) is 7.76. The molecule has 0 radical (unpaired) electrons. The normalized spacial score (nSPS) is 15.9. The van der Waals surface area contributed by atoms with Crippen molar-refractivity contribution in [1.82, 2.24) is 4.98 Å². The van der Waals surface area contributed by atoms with Crippen LogP contribution in [0.4, 0.5) is 10.1 Å². The first-order chi connectivity index (χ1) is 10.3. The Hall–Kier alpha value is -1.90. The number of benzene rings is 1. The quantitative estimate of drug-likeness (QED) is 0.865. The number of anilines is 1. The molecule has 0 amide bonds. The standard InChI is InChI=1S/C18H21FN2/c19-17-8-4-5-9-18(17)21-13-16-11-10-15(12-20-16)14-6-2-1-3-7-14/h4-5,8-12,14,21H,1-3,6-7,13H2. The molecule has 1 aliphatic carbocycles. The van der Waals surface area contributed by atoms with Gasteiger partial charge in [-0.15, -0.1) is 0 Å². The number of para-hydroxylation sites is 1. The monoisotopic (exact) mass is 284 g/mol. The molecule has 0 aliphatic heterocycles. The van der Waals surface area contributed by atoms with E-state index in [0.29, 0.717) is 18.2 Å². The smallest absolute Gasteiger partial charge is 0.146 e. The van der Waals surface area contributed by atoms with Crippen molar-refractivity contribution < 1.29 is 4.39 Å². The second-order valence-electron chi connectivity index (χ2n) is 5.75. The fraction of sp³-hybridized carbons (Fsp3) is 0.389. The molecule has 1 N–H and O–H groups in total. The molecule has 1 aromatic heterocycles. The summed E-state index contributed by atoms with van der Waals surface area (Å²) in [4.78, 5) is 4.51. The van der Waals surface area contributed by atoms with E-state index in [1.807, 2.05) is 12.3 Å². The van der Waals surface area contributed by atoms with Gasteiger partial charge in [0, 0.05) is 6.20 Å². The molecule has 1 saturated carbocycles. The molecule has 1 fully saturated rings. The molecule has 0 spiro atoms. The van der Waals surface area contributed by atoms with E-state index in [2.05, 4.69) is 22.4 Å². The average Bonchev–Trinajstić information content (AvgIpc) is 2.55. The minimum atomic E-state index is -0.226. The summed E-state index contributed by atoms with van der Waals surface area (Å²) in [5.41, 5.74) is 2.82. The number of aromatic nitrogens is 1. The summed E-state index contributed by atoms with van der Waals surface area (Å²) < 4.78 is 13.5. The van der Waals surface area contributed by atoms with E-state index in [1.54, 1.807) is 12.1 Å². The summed E-state index contributed by atoms with van der Waals surface area (Å²) in [6.07, 6.45) is 8.61. The Kier molecular flexibility index (Phi) is 4.49. The van der Waals surface area contributed by atoms with Crippen molar-refractivity contribution in [3.8, 4) is 0 Å². The van der Waals surface area contributed by atoms with Crippen LogP contribution in [0.2, 0.25) is 0 Å². The second kappa shape index (κ2) is 6.70. The maximum absolute atomic E-state index is 13.5. The molecule has 0 atom stereocenters. The zero-order valence-electron chi connectivity index (χ0n) is 12.2. The van der Waals surface area contributed by atoms with Gasteiger partial charge in [-0.3, -0.25) is 4.98 Å². The summed E-state index contributed by atoms with van der Waals surface area (Å²) in [6, 6.07) is 11.0. The van der Waals surface area contributed by atoms with Gasteiger partial charge in [0.1, 0.15) is 5.82 Å². The summed E-state index contributed by atoms with van der Waals surface area (Å²) >= 11 is 0. The molecule has 21 heavy (non-hydrogen) atoms. The van der Waals surface area contributed by atoms with Crippen molar-refractivity contribution in [3.63, 3.8) is 0 Å². The van der Waals surface area contributed by atoms with Gasteiger partial charge >= 0.3 is 0 Å². The van der Waals surface area contributed by atoms with Crippen LogP contribution in [-0.4, -0.2) is 4.98 Å². The first kappa shape index (κ1) is 14.1. The van der Waals surface area contributed by atoms with Gasteiger partial charge in [-0.25, -0.2) is 4.39 Å². The zero-order valence-corrected chi connectivity index (χ0v) is 12.2. The van der Waals surface area contributed by atoms with Gasteiger partial charge < -0.3 is 5.32 Å². The second-order valence-corrected chi connectivity index (χ2v) is 5.75. The Labute approximate surface area is 125 Å². The van der Waals surface area contributed by atoms with Crippen LogP contribution < -0.4 is 5.32 Å². The van der Waals surface area contributed by atoms with E-state index in [1.165, 1.54) is 43.7 Å². The van der Waals surface area contributed by atoms with Crippen LogP contribution in [0, 0.1) is 5.82 Å². The van der Waals surface area contributed by atoms with Crippen molar-refractivity contribution in [2.45, 2.75) is 44.6 Å². The maximum Gasteiger partial charge on any atom is 0.146 e. The Bertz CT molecular complexity index is 574. The third-order valence-electron chi connectivity index (χ3n) is 4.26. The van der Waals surface area contributed by atoms with Gasteiger partial charge in [0.25, 0.3) is 0 Å². The summed E-state index contributed by atoms with van der Waals surface area (Å²) in [5.74, 6) is 0.455. The fourth-order valence-electron chi connectivity index (χ4n) is 3.01. The van der Waals surface area contributed by atoms with Crippen LogP contribution in [0.3, 0.4) is 0 Å². The lowest BCUT2D eigenvalue weighted by Gasteiger charge is -2.21. The molecule has 2 aromatic rings. The highest BCUT2D eigenvalue weighted by atomic mass is 19.1. The number of pyridine rings is 1.